The fraction of sp³-hybridized carbons (Fsp3) is 1.00. The molecule has 2 unspecified atom stereocenters. The molecule has 66 valence electrons. The van der Waals surface area contributed by atoms with Gasteiger partial charge in [-0.2, -0.15) is 11.8 Å². The summed E-state index contributed by atoms with van der Waals surface area (Å²) in [4.78, 5) is 0. The van der Waals surface area contributed by atoms with Gasteiger partial charge in [0.15, 0.2) is 0 Å². The largest absolute Gasteiger partial charge is 0.394 e. The fourth-order valence-electron chi connectivity index (χ4n) is 1.69. The van der Waals surface area contributed by atoms with Crippen molar-refractivity contribution in [2.45, 2.75) is 31.1 Å². The first-order valence-electron chi connectivity index (χ1n) is 4.01. The summed E-state index contributed by atoms with van der Waals surface area (Å²) >= 11 is 1.88. The Morgan fingerprint density at radius 3 is 2.64 bits per heavy atom. The lowest BCUT2D eigenvalue weighted by molar-refractivity contribution is 0.0379. The third kappa shape index (κ3) is 1.89. The maximum Gasteiger partial charge on any atom is 0.0812 e. The van der Waals surface area contributed by atoms with Crippen molar-refractivity contribution in [2.75, 3.05) is 12.4 Å². The quantitative estimate of drug-likeness (QED) is 0.656. The molecule has 0 saturated carbocycles. The lowest BCUT2D eigenvalue weighted by Crippen LogP contribution is -2.35. The van der Waals surface area contributed by atoms with Crippen LogP contribution in [0.15, 0.2) is 0 Å². The van der Waals surface area contributed by atoms with E-state index in [1.807, 2.05) is 11.8 Å². The van der Waals surface area contributed by atoms with Gasteiger partial charge in [-0.05, 0) is 12.2 Å². The molecular weight excluding hydrogens is 160 g/mol. The van der Waals surface area contributed by atoms with Crippen LogP contribution in [0.4, 0.5) is 0 Å². The van der Waals surface area contributed by atoms with E-state index in [4.69, 9.17) is 5.11 Å². The van der Waals surface area contributed by atoms with Gasteiger partial charge in [-0.1, -0.05) is 13.8 Å². The highest BCUT2D eigenvalue weighted by Crippen LogP contribution is 2.43. The second-order valence-corrected chi connectivity index (χ2v) is 5.35. The van der Waals surface area contributed by atoms with Gasteiger partial charge in [-0.3, -0.25) is 0 Å². The number of aliphatic hydroxyl groups is 2. The molecule has 2 N–H and O–H groups in total. The third-order valence-corrected chi connectivity index (χ3v) is 3.93. The lowest BCUT2D eigenvalue weighted by atomic mass is 9.88. The standard InChI is InChI=1S/C8H16O2S/c1-8(2)6(3-4-11-8)7(10)5-9/h6-7,9-10H,3-5H2,1-2H3. The van der Waals surface area contributed by atoms with E-state index in [0.717, 1.165) is 12.2 Å². The third-order valence-electron chi connectivity index (χ3n) is 2.45. The zero-order valence-electron chi connectivity index (χ0n) is 7.08. The first-order valence-corrected chi connectivity index (χ1v) is 4.99. The molecule has 3 heteroatoms. The number of rotatable bonds is 2. The van der Waals surface area contributed by atoms with Crippen molar-refractivity contribution in [1.82, 2.24) is 0 Å². The summed E-state index contributed by atoms with van der Waals surface area (Å²) in [5.74, 6) is 1.37. The molecule has 0 bridgehead atoms. The van der Waals surface area contributed by atoms with E-state index < -0.39 is 6.10 Å². The van der Waals surface area contributed by atoms with Crippen molar-refractivity contribution < 1.29 is 10.2 Å². The van der Waals surface area contributed by atoms with Gasteiger partial charge in [0.2, 0.25) is 0 Å². The zero-order valence-corrected chi connectivity index (χ0v) is 7.90. The topological polar surface area (TPSA) is 40.5 Å². The molecule has 2 nitrogen and oxygen atoms in total. The molecule has 1 saturated heterocycles. The van der Waals surface area contributed by atoms with Crippen LogP contribution in [-0.4, -0.2) is 33.4 Å². The van der Waals surface area contributed by atoms with Gasteiger partial charge >= 0.3 is 0 Å². The minimum atomic E-state index is -0.528. The van der Waals surface area contributed by atoms with Crippen LogP contribution in [0.2, 0.25) is 0 Å². The van der Waals surface area contributed by atoms with Gasteiger partial charge in [-0.15, -0.1) is 0 Å². The number of thioether (sulfide) groups is 1. The molecule has 0 aromatic carbocycles. The smallest absolute Gasteiger partial charge is 0.0812 e. The summed E-state index contributed by atoms with van der Waals surface area (Å²) in [7, 11) is 0. The molecular formula is C8H16O2S. The minimum absolute atomic E-state index is 0.103. The summed E-state index contributed by atoms with van der Waals surface area (Å²) < 4.78 is 0.141. The van der Waals surface area contributed by atoms with Crippen LogP contribution >= 0.6 is 11.8 Å². The summed E-state index contributed by atoms with van der Waals surface area (Å²) in [5.41, 5.74) is 0. The highest BCUT2D eigenvalue weighted by Gasteiger charge is 2.39. The maximum absolute atomic E-state index is 9.43. The zero-order chi connectivity index (χ0) is 8.48. The molecule has 0 spiro atoms. The molecule has 2 atom stereocenters. The SMILES string of the molecule is CC1(C)SCCC1C(O)CO. The molecule has 0 aromatic rings. The average Bonchev–Trinajstić information content (AvgIpc) is 2.28. The predicted molar refractivity (Wildman–Crippen MR) is 47.7 cm³/mol. The van der Waals surface area contributed by atoms with E-state index in [0.29, 0.717) is 0 Å². The summed E-state index contributed by atoms with van der Waals surface area (Å²) in [6, 6.07) is 0. The van der Waals surface area contributed by atoms with Crippen LogP contribution in [0.3, 0.4) is 0 Å². The van der Waals surface area contributed by atoms with Gasteiger partial charge < -0.3 is 10.2 Å². The Morgan fingerprint density at radius 2 is 2.27 bits per heavy atom. The van der Waals surface area contributed by atoms with E-state index in [1.54, 1.807) is 0 Å². The molecule has 1 aliphatic heterocycles. The van der Waals surface area contributed by atoms with Gasteiger partial charge in [0.25, 0.3) is 0 Å². The van der Waals surface area contributed by atoms with E-state index in [1.165, 1.54) is 0 Å². The number of hydrogen-bond donors (Lipinski definition) is 2. The second kappa shape index (κ2) is 3.33. The van der Waals surface area contributed by atoms with E-state index in [-0.39, 0.29) is 17.3 Å². The van der Waals surface area contributed by atoms with Gasteiger partial charge in [0, 0.05) is 10.7 Å². The molecule has 0 amide bonds. The molecule has 1 fully saturated rings. The normalized spacial score (nSPS) is 32.2. The Bertz CT molecular complexity index is 136. The highest BCUT2D eigenvalue weighted by atomic mass is 32.2. The number of aliphatic hydroxyl groups excluding tert-OH is 2. The second-order valence-electron chi connectivity index (χ2n) is 3.60. The molecule has 1 rings (SSSR count). The van der Waals surface area contributed by atoms with Crippen LogP contribution in [0.25, 0.3) is 0 Å². The monoisotopic (exact) mass is 176 g/mol. The van der Waals surface area contributed by atoms with Crippen LogP contribution in [-0.2, 0) is 0 Å². The van der Waals surface area contributed by atoms with E-state index in [9.17, 15) is 5.11 Å². The molecule has 1 aliphatic rings. The number of hydrogen-bond acceptors (Lipinski definition) is 3. The first-order chi connectivity index (χ1) is 5.08. The molecule has 0 radical (unpaired) electrons. The average molecular weight is 176 g/mol. The van der Waals surface area contributed by atoms with Gasteiger partial charge in [0.05, 0.1) is 12.7 Å². The van der Waals surface area contributed by atoms with Crippen molar-refractivity contribution in [1.29, 1.82) is 0 Å². The Morgan fingerprint density at radius 1 is 1.64 bits per heavy atom. The van der Waals surface area contributed by atoms with Crippen molar-refractivity contribution >= 4 is 11.8 Å². The van der Waals surface area contributed by atoms with E-state index in [2.05, 4.69) is 13.8 Å². The van der Waals surface area contributed by atoms with Gasteiger partial charge in [-0.25, -0.2) is 0 Å². The first kappa shape index (κ1) is 9.36. The predicted octanol–water partition coefficient (Wildman–Crippen LogP) is 0.871. The van der Waals surface area contributed by atoms with Crippen molar-refractivity contribution in [3.05, 3.63) is 0 Å². The van der Waals surface area contributed by atoms with Crippen molar-refractivity contribution in [3.63, 3.8) is 0 Å². The van der Waals surface area contributed by atoms with Crippen LogP contribution in [0, 0.1) is 5.92 Å². The van der Waals surface area contributed by atoms with Crippen molar-refractivity contribution in [3.8, 4) is 0 Å². The highest BCUT2D eigenvalue weighted by molar-refractivity contribution is 8.00. The summed E-state index contributed by atoms with van der Waals surface area (Å²) in [5, 5.41) is 18.2. The summed E-state index contributed by atoms with van der Waals surface area (Å²) in [6.07, 6.45) is 0.499. The van der Waals surface area contributed by atoms with Crippen LogP contribution < -0.4 is 0 Å². The Balaban J connectivity index is 2.57. The Hall–Kier alpha value is 0.270. The molecule has 0 aliphatic carbocycles. The van der Waals surface area contributed by atoms with Crippen molar-refractivity contribution in [2.24, 2.45) is 5.92 Å². The Labute approximate surface area is 72.0 Å². The fourth-order valence-corrected chi connectivity index (χ4v) is 3.07. The molecule has 11 heavy (non-hydrogen) atoms. The van der Waals surface area contributed by atoms with Gasteiger partial charge in [0.1, 0.15) is 0 Å². The Kier molecular flexibility index (Phi) is 2.84. The molecule has 0 aromatic heterocycles. The summed E-state index contributed by atoms with van der Waals surface area (Å²) in [6.45, 7) is 4.16. The van der Waals surface area contributed by atoms with Crippen LogP contribution in [0.1, 0.15) is 20.3 Å². The minimum Gasteiger partial charge on any atom is -0.394 e. The lowest BCUT2D eigenvalue weighted by Gasteiger charge is -2.28. The van der Waals surface area contributed by atoms with E-state index >= 15 is 0 Å². The molecule has 1 heterocycles. The maximum atomic E-state index is 9.43. The van der Waals surface area contributed by atoms with Crippen LogP contribution in [0.5, 0.6) is 0 Å².